The molecule has 0 aliphatic heterocycles. The summed E-state index contributed by atoms with van der Waals surface area (Å²) in [5.74, 6) is 0.0326. The van der Waals surface area contributed by atoms with Crippen LogP contribution in [0.3, 0.4) is 0 Å². The second-order valence-corrected chi connectivity index (χ2v) is 7.97. The molecule has 25 heavy (non-hydrogen) atoms. The number of nitrogens with one attached hydrogen (secondary N) is 1. The largest absolute Gasteiger partial charge is 0.444 e. The highest BCUT2D eigenvalue weighted by Crippen LogP contribution is 2.22. The van der Waals surface area contributed by atoms with Gasteiger partial charge < -0.3 is 15.0 Å². The van der Waals surface area contributed by atoms with Gasteiger partial charge in [0.25, 0.3) is 0 Å². The average Bonchev–Trinajstić information content (AvgIpc) is 2.91. The number of thiazole rings is 1. The second-order valence-electron chi connectivity index (χ2n) is 6.86. The maximum Gasteiger partial charge on any atom is 0.407 e. The summed E-state index contributed by atoms with van der Waals surface area (Å²) in [7, 11) is 1.77. The van der Waals surface area contributed by atoms with Gasteiger partial charge in [-0.2, -0.15) is 0 Å². The lowest BCUT2D eigenvalue weighted by Gasteiger charge is -2.20. The van der Waals surface area contributed by atoms with Crippen molar-refractivity contribution in [3.05, 3.63) is 29.3 Å². The van der Waals surface area contributed by atoms with E-state index in [1.54, 1.807) is 23.3 Å². The number of ether oxygens (including phenoxy) is 1. The first-order chi connectivity index (χ1) is 11.7. The first kappa shape index (κ1) is 19.2. The molecular weight excluding hydrogens is 338 g/mol. The van der Waals surface area contributed by atoms with Crippen molar-refractivity contribution in [1.82, 2.24) is 15.2 Å². The fourth-order valence-electron chi connectivity index (χ4n) is 2.21. The molecule has 1 heterocycles. The van der Waals surface area contributed by atoms with Crippen LogP contribution in [0, 0.1) is 0 Å². The highest BCUT2D eigenvalue weighted by molar-refractivity contribution is 7.18. The summed E-state index contributed by atoms with van der Waals surface area (Å²) in [6.45, 7) is 6.35. The zero-order chi connectivity index (χ0) is 18.4. The minimum absolute atomic E-state index is 0.0326. The summed E-state index contributed by atoms with van der Waals surface area (Å²) in [5.41, 5.74) is 0.446. The summed E-state index contributed by atoms with van der Waals surface area (Å²) in [4.78, 5) is 29.9. The molecule has 0 radical (unpaired) electrons. The number of rotatable bonds is 6. The number of para-hydroxylation sites is 1. The van der Waals surface area contributed by atoms with Gasteiger partial charge in [-0.25, -0.2) is 9.78 Å². The Labute approximate surface area is 152 Å². The lowest BCUT2D eigenvalue weighted by Crippen LogP contribution is -2.33. The molecule has 0 saturated heterocycles. The zero-order valence-electron chi connectivity index (χ0n) is 15.2. The second kappa shape index (κ2) is 8.29. The van der Waals surface area contributed by atoms with Gasteiger partial charge in [-0.1, -0.05) is 12.1 Å². The molecule has 1 aromatic heterocycles. The van der Waals surface area contributed by atoms with Gasteiger partial charge in [0.1, 0.15) is 10.6 Å². The number of carbonyl (C=O) groups excluding carboxylic acids is 2. The van der Waals surface area contributed by atoms with E-state index in [-0.39, 0.29) is 5.91 Å². The van der Waals surface area contributed by atoms with Crippen LogP contribution < -0.4 is 5.32 Å². The molecule has 2 amide bonds. The number of alkyl carbamates (subject to hydrolysis) is 1. The van der Waals surface area contributed by atoms with E-state index in [1.807, 2.05) is 45.0 Å². The van der Waals surface area contributed by atoms with Crippen LogP contribution in [0.1, 0.15) is 38.6 Å². The molecule has 2 aromatic rings. The van der Waals surface area contributed by atoms with Crippen LogP contribution in [0.5, 0.6) is 0 Å². The molecule has 0 bridgehead atoms. The topological polar surface area (TPSA) is 71.5 Å². The van der Waals surface area contributed by atoms with E-state index in [0.29, 0.717) is 25.9 Å². The van der Waals surface area contributed by atoms with Gasteiger partial charge >= 0.3 is 6.09 Å². The van der Waals surface area contributed by atoms with Crippen LogP contribution in [0.4, 0.5) is 4.79 Å². The zero-order valence-corrected chi connectivity index (χ0v) is 16.0. The predicted octanol–water partition coefficient (Wildman–Crippen LogP) is 3.56. The Morgan fingerprint density at radius 1 is 1.28 bits per heavy atom. The van der Waals surface area contributed by atoms with Crippen LogP contribution >= 0.6 is 11.3 Å². The van der Waals surface area contributed by atoms with Gasteiger partial charge in [0, 0.05) is 20.0 Å². The number of fused-ring (bicyclic) bond motifs is 1. The first-order valence-corrected chi connectivity index (χ1v) is 9.11. The summed E-state index contributed by atoms with van der Waals surface area (Å²) in [6.07, 6.45) is 0.488. The van der Waals surface area contributed by atoms with Crippen LogP contribution in [0.15, 0.2) is 24.3 Å². The lowest BCUT2D eigenvalue weighted by molar-refractivity contribution is -0.130. The van der Waals surface area contributed by atoms with Crippen molar-refractivity contribution >= 4 is 33.6 Å². The van der Waals surface area contributed by atoms with E-state index < -0.39 is 11.7 Å². The maximum absolute atomic E-state index is 12.2. The number of benzene rings is 1. The summed E-state index contributed by atoms with van der Waals surface area (Å²) in [5, 5.41) is 3.58. The monoisotopic (exact) mass is 363 g/mol. The number of hydrogen-bond donors (Lipinski definition) is 1. The van der Waals surface area contributed by atoms with Gasteiger partial charge in [-0.05, 0) is 39.3 Å². The Hall–Kier alpha value is -2.15. The summed E-state index contributed by atoms with van der Waals surface area (Å²) >= 11 is 1.60. The molecule has 7 heteroatoms. The SMILES string of the molecule is CN(Cc1nc2ccccc2s1)C(=O)CCCNC(=O)OC(C)(C)C. The Balaban J connectivity index is 1.72. The van der Waals surface area contributed by atoms with Gasteiger partial charge in [0.05, 0.1) is 16.8 Å². The summed E-state index contributed by atoms with van der Waals surface area (Å²) in [6, 6.07) is 7.94. The van der Waals surface area contributed by atoms with Gasteiger partial charge in [-0.3, -0.25) is 4.79 Å². The highest BCUT2D eigenvalue weighted by Gasteiger charge is 2.16. The van der Waals surface area contributed by atoms with Crippen molar-refractivity contribution in [1.29, 1.82) is 0 Å². The van der Waals surface area contributed by atoms with E-state index in [4.69, 9.17) is 4.74 Å². The van der Waals surface area contributed by atoms with E-state index in [2.05, 4.69) is 10.3 Å². The molecular formula is C18H25N3O3S. The average molecular weight is 363 g/mol. The van der Waals surface area contributed by atoms with Crippen molar-refractivity contribution in [2.24, 2.45) is 0 Å². The van der Waals surface area contributed by atoms with E-state index >= 15 is 0 Å². The quantitative estimate of drug-likeness (QED) is 0.797. The maximum atomic E-state index is 12.2. The Morgan fingerprint density at radius 3 is 2.68 bits per heavy atom. The molecule has 136 valence electrons. The molecule has 0 fully saturated rings. The number of hydrogen-bond acceptors (Lipinski definition) is 5. The van der Waals surface area contributed by atoms with Crippen molar-refractivity contribution in [3.63, 3.8) is 0 Å². The van der Waals surface area contributed by atoms with Gasteiger partial charge in [-0.15, -0.1) is 11.3 Å². The van der Waals surface area contributed by atoms with Crippen LogP contribution in [-0.4, -0.2) is 41.1 Å². The van der Waals surface area contributed by atoms with Crippen molar-refractivity contribution in [3.8, 4) is 0 Å². The van der Waals surface area contributed by atoms with Crippen molar-refractivity contribution in [2.45, 2.75) is 45.8 Å². The number of carbonyl (C=O) groups is 2. The molecule has 6 nitrogen and oxygen atoms in total. The predicted molar refractivity (Wildman–Crippen MR) is 99.6 cm³/mol. The van der Waals surface area contributed by atoms with Crippen LogP contribution in [0.2, 0.25) is 0 Å². The number of nitrogens with zero attached hydrogens (tertiary/aromatic N) is 2. The molecule has 0 atom stereocenters. The fraction of sp³-hybridized carbons (Fsp3) is 0.500. The van der Waals surface area contributed by atoms with Crippen LogP contribution in [-0.2, 0) is 16.1 Å². The molecule has 0 aliphatic carbocycles. The third kappa shape index (κ3) is 6.34. The minimum Gasteiger partial charge on any atom is -0.444 e. The molecule has 0 aliphatic rings. The van der Waals surface area contributed by atoms with E-state index in [9.17, 15) is 9.59 Å². The lowest BCUT2D eigenvalue weighted by atomic mass is 10.2. The first-order valence-electron chi connectivity index (χ1n) is 8.30. The summed E-state index contributed by atoms with van der Waals surface area (Å²) < 4.78 is 6.27. The highest BCUT2D eigenvalue weighted by atomic mass is 32.1. The molecule has 2 rings (SSSR count). The standard InChI is InChI=1S/C18H25N3O3S/c1-18(2,3)24-17(23)19-11-7-10-16(22)21(4)12-15-20-13-8-5-6-9-14(13)25-15/h5-6,8-9H,7,10-12H2,1-4H3,(H,19,23). The third-order valence-corrected chi connectivity index (χ3v) is 4.39. The molecule has 1 aromatic carbocycles. The number of aromatic nitrogens is 1. The third-order valence-electron chi connectivity index (χ3n) is 3.37. The van der Waals surface area contributed by atoms with E-state index in [0.717, 1.165) is 15.2 Å². The molecule has 0 spiro atoms. The molecule has 0 saturated carbocycles. The van der Waals surface area contributed by atoms with E-state index in [1.165, 1.54) is 0 Å². The van der Waals surface area contributed by atoms with Crippen molar-refractivity contribution in [2.75, 3.05) is 13.6 Å². The Bertz CT molecular complexity index is 703. The molecule has 1 N–H and O–H groups in total. The van der Waals surface area contributed by atoms with Crippen LogP contribution in [0.25, 0.3) is 10.2 Å². The Kier molecular flexibility index (Phi) is 6.36. The van der Waals surface area contributed by atoms with Crippen molar-refractivity contribution < 1.29 is 14.3 Å². The smallest absolute Gasteiger partial charge is 0.407 e. The van der Waals surface area contributed by atoms with Gasteiger partial charge in [0.15, 0.2) is 0 Å². The normalized spacial score (nSPS) is 11.4. The minimum atomic E-state index is -0.516. The fourth-order valence-corrected chi connectivity index (χ4v) is 3.23. The number of amides is 2. The van der Waals surface area contributed by atoms with Gasteiger partial charge in [0.2, 0.25) is 5.91 Å². The Morgan fingerprint density at radius 2 is 2.00 bits per heavy atom. The molecule has 0 unspecified atom stereocenters.